The molecule has 2 atom stereocenters. The van der Waals surface area contributed by atoms with Gasteiger partial charge in [-0.2, -0.15) is 0 Å². The van der Waals surface area contributed by atoms with Crippen molar-refractivity contribution in [3.05, 3.63) is 11.1 Å². The van der Waals surface area contributed by atoms with E-state index in [9.17, 15) is 4.79 Å². The molecule has 2 aliphatic heterocycles. The maximum atomic E-state index is 12.1. The summed E-state index contributed by atoms with van der Waals surface area (Å²) in [6, 6.07) is 0. The van der Waals surface area contributed by atoms with E-state index in [1.165, 1.54) is 0 Å². The Morgan fingerprint density at radius 3 is 2.07 bits per heavy atom. The second-order valence-electron chi connectivity index (χ2n) is 5.12. The summed E-state index contributed by atoms with van der Waals surface area (Å²) in [5.41, 5.74) is 2.11. The number of fused-ring (bicyclic) bond motifs is 2. The minimum atomic E-state index is 0.228. The van der Waals surface area contributed by atoms with Crippen LogP contribution in [0.2, 0.25) is 0 Å². The fraction of sp³-hybridized carbons (Fsp3) is 0.769. The van der Waals surface area contributed by atoms with Crippen molar-refractivity contribution in [2.24, 2.45) is 5.92 Å². The average Bonchev–Trinajstić information content (AvgIpc) is 2.55. The highest BCUT2D eigenvalue weighted by molar-refractivity contribution is 5.97. The summed E-state index contributed by atoms with van der Waals surface area (Å²) >= 11 is 0. The summed E-state index contributed by atoms with van der Waals surface area (Å²) in [5, 5.41) is 0. The molecule has 0 aliphatic carbocycles. The van der Waals surface area contributed by atoms with Crippen LogP contribution in [0.3, 0.4) is 0 Å². The van der Waals surface area contributed by atoms with E-state index in [4.69, 9.17) is 4.74 Å². The van der Waals surface area contributed by atoms with Crippen LogP contribution in [-0.2, 0) is 9.53 Å². The van der Waals surface area contributed by atoms with Crippen LogP contribution in [0.1, 0.15) is 46.5 Å². The fourth-order valence-electron chi connectivity index (χ4n) is 2.62. The SMILES string of the molecule is CC(C)=C(C)C(=O)C1CC2CCC(C1)O2. The van der Waals surface area contributed by atoms with Crippen molar-refractivity contribution >= 4 is 5.78 Å². The van der Waals surface area contributed by atoms with Crippen LogP contribution in [0, 0.1) is 5.92 Å². The van der Waals surface area contributed by atoms with Gasteiger partial charge < -0.3 is 4.74 Å². The Bertz CT molecular complexity index is 288. The van der Waals surface area contributed by atoms with Crippen molar-refractivity contribution in [1.82, 2.24) is 0 Å². The van der Waals surface area contributed by atoms with Crippen LogP contribution in [0.15, 0.2) is 11.1 Å². The van der Waals surface area contributed by atoms with E-state index < -0.39 is 0 Å². The molecule has 0 saturated carbocycles. The van der Waals surface area contributed by atoms with Crippen molar-refractivity contribution < 1.29 is 9.53 Å². The Hall–Kier alpha value is -0.630. The molecule has 0 amide bonds. The van der Waals surface area contributed by atoms with Crippen molar-refractivity contribution in [3.63, 3.8) is 0 Å². The van der Waals surface area contributed by atoms with Crippen LogP contribution in [-0.4, -0.2) is 18.0 Å². The molecular formula is C13H20O2. The number of ketones is 1. The van der Waals surface area contributed by atoms with Crippen LogP contribution in [0.25, 0.3) is 0 Å². The second-order valence-corrected chi connectivity index (χ2v) is 5.12. The first-order valence-corrected chi connectivity index (χ1v) is 5.91. The van der Waals surface area contributed by atoms with E-state index in [0.717, 1.165) is 36.8 Å². The van der Waals surface area contributed by atoms with Gasteiger partial charge in [0.25, 0.3) is 0 Å². The third-order valence-electron chi connectivity index (χ3n) is 3.78. The van der Waals surface area contributed by atoms with Gasteiger partial charge in [0.05, 0.1) is 12.2 Å². The topological polar surface area (TPSA) is 26.3 Å². The minimum absolute atomic E-state index is 0.228. The molecule has 0 radical (unpaired) electrons. The Labute approximate surface area is 91.7 Å². The van der Waals surface area contributed by atoms with Gasteiger partial charge in [0.2, 0.25) is 0 Å². The molecule has 2 saturated heterocycles. The van der Waals surface area contributed by atoms with Crippen LogP contribution < -0.4 is 0 Å². The molecule has 2 fully saturated rings. The van der Waals surface area contributed by atoms with Gasteiger partial charge in [-0.3, -0.25) is 4.79 Å². The van der Waals surface area contributed by atoms with Gasteiger partial charge in [0, 0.05) is 5.92 Å². The molecule has 0 N–H and O–H groups in total. The lowest BCUT2D eigenvalue weighted by Gasteiger charge is -2.27. The van der Waals surface area contributed by atoms with Crippen LogP contribution in [0.4, 0.5) is 0 Å². The summed E-state index contributed by atoms with van der Waals surface area (Å²) in [6.45, 7) is 5.98. The standard InChI is InChI=1S/C13H20O2/c1-8(2)9(3)13(14)10-6-11-4-5-12(7-10)15-11/h10-12H,4-7H2,1-3H3. The third kappa shape index (κ3) is 2.15. The summed E-state index contributed by atoms with van der Waals surface area (Å²) in [4.78, 5) is 12.1. The average molecular weight is 208 g/mol. The molecule has 2 nitrogen and oxygen atoms in total. The first-order valence-electron chi connectivity index (χ1n) is 5.91. The number of rotatable bonds is 2. The molecule has 0 aromatic carbocycles. The lowest BCUT2D eigenvalue weighted by molar-refractivity contribution is -0.124. The highest BCUT2D eigenvalue weighted by Gasteiger charge is 2.38. The molecule has 2 rings (SSSR count). The van der Waals surface area contributed by atoms with Gasteiger partial charge in [-0.15, -0.1) is 0 Å². The molecule has 2 unspecified atom stereocenters. The molecular weight excluding hydrogens is 188 g/mol. The van der Waals surface area contributed by atoms with Crippen LogP contribution in [0.5, 0.6) is 0 Å². The number of ether oxygens (including phenoxy) is 1. The van der Waals surface area contributed by atoms with Gasteiger partial charge in [-0.25, -0.2) is 0 Å². The fourth-order valence-corrected chi connectivity index (χ4v) is 2.62. The lowest BCUT2D eigenvalue weighted by Crippen LogP contribution is -2.30. The number of carbonyl (C=O) groups is 1. The molecule has 0 aromatic rings. The van der Waals surface area contributed by atoms with E-state index in [0.29, 0.717) is 18.0 Å². The van der Waals surface area contributed by atoms with Crippen molar-refractivity contribution in [3.8, 4) is 0 Å². The zero-order valence-electron chi connectivity index (χ0n) is 9.88. The highest BCUT2D eigenvalue weighted by atomic mass is 16.5. The van der Waals surface area contributed by atoms with E-state index in [2.05, 4.69) is 0 Å². The Morgan fingerprint density at radius 1 is 1.07 bits per heavy atom. The summed E-state index contributed by atoms with van der Waals surface area (Å²) in [5.74, 6) is 0.585. The normalized spacial score (nSPS) is 33.9. The zero-order chi connectivity index (χ0) is 11.0. The van der Waals surface area contributed by atoms with Gasteiger partial charge in [0.15, 0.2) is 5.78 Å². The summed E-state index contributed by atoms with van der Waals surface area (Å²) in [7, 11) is 0. The highest BCUT2D eigenvalue weighted by Crippen LogP contribution is 2.37. The smallest absolute Gasteiger partial charge is 0.161 e. The quantitative estimate of drug-likeness (QED) is 0.652. The number of hydrogen-bond acceptors (Lipinski definition) is 2. The molecule has 15 heavy (non-hydrogen) atoms. The predicted octanol–water partition coefficient (Wildman–Crippen LogP) is 2.87. The maximum Gasteiger partial charge on any atom is 0.161 e. The second kappa shape index (κ2) is 4.09. The van der Waals surface area contributed by atoms with E-state index >= 15 is 0 Å². The zero-order valence-corrected chi connectivity index (χ0v) is 9.88. The van der Waals surface area contributed by atoms with E-state index in [1.807, 2.05) is 20.8 Å². The van der Waals surface area contributed by atoms with E-state index in [-0.39, 0.29) is 5.92 Å². The number of carbonyl (C=O) groups excluding carboxylic acids is 1. The Kier molecular flexibility index (Phi) is 2.96. The van der Waals surface area contributed by atoms with Gasteiger partial charge in [-0.05, 0) is 52.0 Å². The number of Topliss-reactive ketones (excluding diaryl/α,β-unsaturated/α-hetero) is 1. The molecule has 0 spiro atoms. The van der Waals surface area contributed by atoms with Gasteiger partial charge in [0.1, 0.15) is 0 Å². The monoisotopic (exact) mass is 208 g/mol. The Morgan fingerprint density at radius 2 is 1.60 bits per heavy atom. The van der Waals surface area contributed by atoms with Crippen molar-refractivity contribution in [1.29, 1.82) is 0 Å². The molecule has 2 aliphatic rings. The van der Waals surface area contributed by atoms with Gasteiger partial charge in [-0.1, -0.05) is 5.57 Å². The van der Waals surface area contributed by atoms with E-state index in [1.54, 1.807) is 0 Å². The molecule has 2 heteroatoms. The van der Waals surface area contributed by atoms with Crippen molar-refractivity contribution in [2.75, 3.05) is 0 Å². The molecule has 0 aromatic heterocycles. The largest absolute Gasteiger partial charge is 0.375 e. The first-order chi connectivity index (χ1) is 7.08. The molecule has 2 heterocycles. The van der Waals surface area contributed by atoms with Gasteiger partial charge >= 0.3 is 0 Å². The lowest BCUT2D eigenvalue weighted by atomic mass is 9.87. The van der Waals surface area contributed by atoms with Crippen molar-refractivity contribution in [2.45, 2.75) is 58.7 Å². The summed E-state index contributed by atoms with van der Waals surface area (Å²) in [6.07, 6.45) is 4.93. The third-order valence-corrected chi connectivity index (χ3v) is 3.78. The number of allylic oxidation sites excluding steroid dienone is 2. The Balaban J connectivity index is 2.06. The van der Waals surface area contributed by atoms with Crippen LogP contribution >= 0.6 is 0 Å². The predicted molar refractivity (Wildman–Crippen MR) is 59.7 cm³/mol. The maximum absolute atomic E-state index is 12.1. The first kappa shape index (κ1) is 10.9. The summed E-state index contributed by atoms with van der Waals surface area (Å²) < 4.78 is 5.75. The molecule has 2 bridgehead atoms. The minimum Gasteiger partial charge on any atom is -0.375 e. The molecule has 84 valence electrons. The number of hydrogen-bond donors (Lipinski definition) is 0.